The summed E-state index contributed by atoms with van der Waals surface area (Å²) in [7, 11) is 0. The fourth-order valence-electron chi connectivity index (χ4n) is 1.86. The number of benzene rings is 1. The number of rotatable bonds is 4. The molecule has 8 heteroatoms. The molecule has 25 heavy (non-hydrogen) atoms. The average Bonchev–Trinajstić information content (AvgIpc) is 2.49. The van der Waals surface area contributed by atoms with Gasteiger partial charge in [0.2, 0.25) is 5.88 Å². The molecule has 0 saturated carbocycles. The highest BCUT2D eigenvalue weighted by molar-refractivity contribution is 5.85. The first kappa shape index (κ1) is 18.2. The van der Waals surface area contributed by atoms with Crippen LogP contribution in [0.25, 0.3) is 0 Å². The Kier molecular flexibility index (Phi) is 5.21. The molecule has 2 aromatic rings. The Morgan fingerprint density at radius 3 is 2.52 bits per heavy atom. The van der Waals surface area contributed by atoms with Crippen LogP contribution < -0.4 is 10.1 Å². The number of hydrogen-bond acceptors (Lipinski definition) is 6. The molecular formula is C17H19N3O5. The van der Waals surface area contributed by atoms with Gasteiger partial charge in [-0.05, 0) is 39.3 Å². The van der Waals surface area contributed by atoms with E-state index in [4.69, 9.17) is 9.47 Å². The Hall–Kier alpha value is -3.16. The monoisotopic (exact) mass is 345 g/mol. The van der Waals surface area contributed by atoms with Gasteiger partial charge < -0.3 is 9.47 Å². The number of aryl methyl sites for hydroxylation is 1. The van der Waals surface area contributed by atoms with Crippen molar-refractivity contribution in [1.82, 2.24) is 4.98 Å². The van der Waals surface area contributed by atoms with Crippen molar-refractivity contribution in [1.29, 1.82) is 0 Å². The van der Waals surface area contributed by atoms with E-state index in [-0.39, 0.29) is 11.6 Å². The summed E-state index contributed by atoms with van der Waals surface area (Å²) in [6.07, 6.45) is 0.545. The van der Waals surface area contributed by atoms with E-state index in [0.717, 1.165) is 11.8 Å². The molecule has 1 N–H and O–H groups in total. The van der Waals surface area contributed by atoms with E-state index in [1.54, 1.807) is 39.0 Å². The summed E-state index contributed by atoms with van der Waals surface area (Å²) in [4.78, 5) is 25.8. The zero-order valence-electron chi connectivity index (χ0n) is 14.4. The van der Waals surface area contributed by atoms with Crippen LogP contribution in [-0.2, 0) is 4.74 Å². The van der Waals surface area contributed by atoms with Crippen molar-refractivity contribution < 1.29 is 19.2 Å². The summed E-state index contributed by atoms with van der Waals surface area (Å²) < 4.78 is 10.8. The second-order valence-corrected chi connectivity index (χ2v) is 6.32. The van der Waals surface area contributed by atoms with E-state index < -0.39 is 16.6 Å². The van der Waals surface area contributed by atoms with Crippen molar-refractivity contribution in [3.63, 3.8) is 0 Å². The minimum Gasteiger partial charge on any atom is -0.444 e. The van der Waals surface area contributed by atoms with Gasteiger partial charge in [-0.1, -0.05) is 6.07 Å². The molecule has 0 atom stereocenters. The molecule has 0 bridgehead atoms. The van der Waals surface area contributed by atoms with Crippen LogP contribution in [0.3, 0.4) is 0 Å². The number of carbonyl (C=O) groups is 1. The van der Waals surface area contributed by atoms with Gasteiger partial charge in [-0.15, -0.1) is 0 Å². The number of nitrogens with one attached hydrogen (secondary N) is 1. The van der Waals surface area contributed by atoms with Gasteiger partial charge in [-0.25, -0.2) is 9.78 Å². The molecule has 1 heterocycles. The molecule has 0 spiro atoms. The third kappa shape index (κ3) is 5.45. The molecule has 0 unspecified atom stereocenters. The molecule has 0 saturated heterocycles. The van der Waals surface area contributed by atoms with Gasteiger partial charge in [0, 0.05) is 23.9 Å². The fourth-order valence-corrected chi connectivity index (χ4v) is 1.86. The van der Waals surface area contributed by atoms with Gasteiger partial charge >= 0.3 is 6.09 Å². The molecular weight excluding hydrogens is 326 g/mol. The van der Waals surface area contributed by atoms with Gasteiger partial charge in [-0.3, -0.25) is 15.4 Å². The molecule has 0 aliphatic carbocycles. The lowest BCUT2D eigenvalue weighted by atomic mass is 10.2. The van der Waals surface area contributed by atoms with E-state index in [1.165, 1.54) is 12.1 Å². The van der Waals surface area contributed by atoms with Crippen LogP contribution in [-0.4, -0.2) is 21.6 Å². The van der Waals surface area contributed by atoms with Crippen LogP contribution in [0.15, 0.2) is 36.5 Å². The Balaban J connectivity index is 2.13. The molecule has 1 aromatic heterocycles. The van der Waals surface area contributed by atoms with Crippen LogP contribution in [0, 0.1) is 17.0 Å². The molecule has 0 aliphatic rings. The van der Waals surface area contributed by atoms with Crippen LogP contribution in [0.1, 0.15) is 26.3 Å². The number of pyridine rings is 1. The number of carbonyl (C=O) groups excluding carboxylic acids is 1. The molecule has 0 radical (unpaired) electrons. The zero-order valence-corrected chi connectivity index (χ0v) is 14.4. The second-order valence-electron chi connectivity index (χ2n) is 6.32. The highest BCUT2D eigenvalue weighted by Gasteiger charge is 2.16. The maximum atomic E-state index is 11.8. The van der Waals surface area contributed by atoms with Crippen LogP contribution in [0.4, 0.5) is 16.2 Å². The summed E-state index contributed by atoms with van der Waals surface area (Å²) in [5.74, 6) is 0.679. The van der Waals surface area contributed by atoms with E-state index >= 15 is 0 Å². The predicted molar refractivity (Wildman–Crippen MR) is 92.0 cm³/mol. The van der Waals surface area contributed by atoms with Crippen molar-refractivity contribution in [3.8, 4) is 11.6 Å². The van der Waals surface area contributed by atoms with E-state index in [1.807, 2.05) is 6.92 Å². The van der Waals surface area contributed by atoms with Crippen molar-refractivity contribution in [2.45, 2.75) is 33.3 Å². The predicted octanol–water partition coefficient (Wildman–Crippen LogP) is 4.44. The second kappa shape index (κ2) is 7.16. The number of amides is 1. The van der Waals surface area contributed by atoms with Gasteiger partial charge in [0.25, 0.3) is 5.69 Å². The van der Waals surface area contributed by atoms with Crippen molar-refractivity contribution in [2.24, 2.45) is 0 Å². The summed E-state index contributed by atoms with van der Waals surface area (Å²) in [5.41, 5.74) is 0.590. The summed E-state index contributed by atoms with van der Waals surface area (Å²) in [6, 6.07) is 7.83. The first-order chi connectivity index (χ1) is 11.6. The zero-order chi connectivity index (χ0) is 18.6. The maximum Gasteiger partial charge on any atom is 0.412 e. The number of nitrogens with zero attached hydrogens (tertiary/aromatic N) is 2. The maximum absolute atomic E-state index is 11.8. The Labute approximate surface area is 144 Å². The highest BCUT2D eigenvalue weighted by Crippen LogP contribution is 2.28. The Morgan fingerprint density at radius 2 is 1.96 bits per heavy atom. The fraction of sp³-hybridized carbons (Fsp3) is 0.294. The summed E-state index contributed by atoms with van der Waals surface area (Å²) in [6.45, 7) is 7.15. The molecule has 2 rings (SSSR count). The van der Waals surface area contributed by atoms with Gasteiger partial charge in [0.15, 0.2) is 0 Å². The standard InChI is InChI=1S/C17H19N3O5/c1-11-5-6-12(19-16(21)25-17(2,3)4)9-14(11)24-15-8-7-13(10-18-15)20(22)23/h5-10H,1-4H3,(H,19,21). The first-order valence-corrected chi connectivity index (χ1v) is 7.53. The van der Waals surface area contributed by atoms with Crippen LogP contribution in [0.5, 0.6) is 11.6 Å². The lowest BCUT2D eigenvalue weighted by molar-refractivity contribution is -0.385. The smallest absolute Gasteiger partial charge is 0.412 e. The number of nitro groups is 1. The quantitative estimate of drug-likeness (QED) is 0.649. The van der Waals surface area contributed by atoms with Gasteiger partial charge in [0.1, 0.15) is 17.5 Å². The largest absolute Gasteiger partial charge is 0.444 e. The van der Waals surface area contributed by atoms with E-state index in [9.17, 15) is 14.9 Å². The van der Waals surface area contributed by atoms with Crippen LogP contribution in [0.2, 0.25) is 0 Å². The third-order valence-corrected chi connectivity index (χ3v) is 2.98. The molecule has 0 aliphatic heterocycles. The molecule has 1 aromatic carbocycles. The first-order valence-electron chi connectivity index (χ1n) is 7.53. The Bertz CT molecular complexity index is 782. The van der Waals surface area contributed by atoms with Crippen molar-refractivity contribution in [3.05, 3.63) is 52.2 Å². The average molecular weight is 345 g/mol. The summed E-state index contributed by atoms with van der Waals surface area (Å²) >= 11 is 0. The van der Waals surface area contributed by atoms with Crippen LogP contribution >= 0.6 is 0 Å². The number of aromatic nitrogens is 1. The van der Waals surface area contributed by atoms with Gasteiger partial charge in [-0.2, -0.15) is 0 Å². The molecule has 1 amide bonds. The number of hydrogen-bond donors (Lipinski definition) is 1. The Morgan fingerprint density at radius 1 is 1.24 bits per heavy atom. The number of ether oxygens (including phenoxy) is 2. The highest BCUT2D eigenvalue weighted by atomic mass is 16.6. The molecule has 0 fully saturated rings. The van der Waals surface area contributed by atoms with Gasteiger partial charge in [0.05, 0.1) is 4.92 Å². The normalized spacial score (nSPS) is 10.9. The van der Waals surface area contributed by atoms with E-state index in [2.05, 4.69) is 10.3 Å². The lowest BCUT2D eigenvalue weighted by Gasteiger charge is -2.20. The lowest BCUT2D eigenvalue weighted by Crippen LogP contribution is -2.27. The van der Waals surface area contributed by atoms with E-state index in [0.29, 0.717) is 11.4 Å². The minimum atomic E-state index is -0.600. The molecule has 8 nitrogen and oxygen atoms in total. The third-order valence-electron chi connectivity index (χ3n) is 2.98. The van der Waals surface area contributed by atoms with Crippen molar-refractivity contribution >= 4 is 17.5 Å². The minimum absolute atomic E-state index is 0.121. The molecule has 132 valence electrons. The topological polar surface area (TPSA) is 104 Å². The summed E-state index contributed by atoms with van der Waals surface area (Å²) in [5, 5.41) is 13.3. The SMILES string of the molecule is Cc1ccc(NC(=O)OC(C)(C)C)cc1Oc1ccc([N+](=O)[O-])cn1. The van der Waals surface area contributed by atoms with Crippen molar-refractivity contribution in [2.75, 3.05) is 5.32 Å². The number of anilines is 1.